The molecule has 144 valence electrons. The van der Waals surface area contributed by atoms with Crippen molar-refractivity contribution in [3.8, 4) is 5.75 Å². The number of benzene rings is 1. The van der Waals surface area contributed by atoms with E-state index in [1.54, 1.807) is 18.4 Å². The van der Waals surface area contributed by atoms with E-state index < -0.39 is 0 Å². The van der Waals surface area contributed by atoms with Gasteiger partial charge in [-0.05, 0) is 38.5 Å². The van der Waals surface area contributed by atoms with E-state index in [9.17, 15) is 0 Å². The van der Waals surface area contributed by atoms with Crippen LogP contribution in [-0.2, 0) is 6.54 Å². The van der Waals surface area contributed by atoms with Gasteiger partial charge in [0.05, 0.1) is 19.7 Å². The average Bonchev–Trinajstić information content (AvgIpc) is 3.14. The fourth-order valence-electron chi connectivity index (χ4n) is 2.55. The smallest absolute Gasteiger partial charge is 0.191 e. The van der Waals surface area contributed by atoms with Crippen LogP contribution in [0.5, 0.6) is 5.75 Å². The molecule has 1 aromatic carbocycles. The van der Waals surface area contributed by atoms with Crippen LogP contribution in [0.15, 0.2) is 46.8 Å². The van der Waals surface area contributed by atoms with E-state index in [2.05, 4.69) is 54.1 Å². The van der Waals surface area contributed by atoms with Crippen LogP contribution in [0.1, 0.15) is 23.4 Å². The molecule has 1 atom stereocenters. The Morgan fingerprint density at radius 3 is 2.58 bits per heavy atom. The van der Waals surface area contributed by atoms with Crippen LogP contribution in [0.3, 0.4) is 0 Å². The van der Waals surface area contributed by atoms with Gasteiger partial charge >= 0.3 is 0 Å². The fourth-order valence-corrected chi connectivity index (χ4v) is 3.47. The van der Waals surface area contributed by atoms with Crippen molar-refractivity contribution in [2.24, 2.45) is 4.99 Å². The first-order chi connectivity index (χ1) is 12.2. The number of para-hydroxylation sites is 1. The first kappa shape index (κ1) is 22.7. The minimum absolute atomic E-state index is 0. The fraction of sp³-hybridized carbons (Fsp3) is 0.421. The molecule has 5 nitrogen and oxygen atoms in total. The van der Waals surface area contributed by atoms with Gasteiger partial charge < -0.3 is 20.3 Å². The summed E-state index contributed by atoms with van der Waals surface area (Å²) in [6.07, 6.45) is 0. The van der Waals surface area contributed by atoms with Crippen LogP contribution in [0.2, 0.25) is 0 Å². The number of guanidine groups is 1. The largest absolute Gasteiger partial charge is 0.496 e. The van der Waals surface area contributed by atoms with Crippen molar-refractivity contribution in [2.45, 2.75) is 19.5 Å². The summed E-state index contributed by atoms with van der Waals surface area (Å²) in [7, 11) is 5.89. The Morgan fingerprint density at radius 1 is 1.19 bits per heavy atom. The maximum Gasteiger partial charge on any atom is 0.191 e. The van der Waals surface area contributed by atoms with Gasteiger partial charge in [-0.15, -0.1) is 35.3 Å². The molecular weight excluding hydrogens is 459 g/mol. The summed E-state index contributed by atoms with van der Waals surface area (Å²) in [4.78, 5) is 8.27. The third kappa shape index (κ3) is 6.77. The number of hydrogen-bond acceptors (Lipinski definition) is 4. The topological polar surface area (TPSA) is 48.9 Å². The van der Waals surface area contributed by atoms with Crippen molar-refractivity contribution in [1.82, 2.24) is 15.5 Å². The molecule has 0 aliphatic heterocycles. The number of likely N-dealkylation sites (N-methyl/N-ethyl adjacent to an activating group) is 1. The van der Waals surface area contributed by atoms with E-state index >= 15 is 0 Å². The summed E-state index contributed by atoms with van der Waals surface area (Å²) in [5.41, 5.74) is 1.07. The van der Waals surface area contributed by atoms with E-state index in [0.29, 0.717) is 12.6 Å². The molecule has 1 unspecified atom stereocenters. The lowest BCUT2D eigenvalue weighted by Crippen LogP contribution is -2.41. The van der Waals surface area contributed by atoms with Crippen molar-refractivity contribution in [3.05, 3.63) is 52.2 Å². The molecule has 7 heteroatoms. The summed E-state index contributed by atoms with van der Waals surface area (Å²) in [5.74, 6) is 1.68. The van der Waals surface area contributed by atoms with E-state index in [4.69, 9.17) is 9.73 Å². The summed E-state index contributed by atoms with van der Waals surface area (Å²) in [5, 5.41) is 8.89. The Bertz CT molecular complexity index is 661. The highest BCUT2D eigenvalue weighted by Gasteiger charge is 2.15. The van der Waals surface area contributed by atoms with Gasteiger partial charge in [0.15, 0.2) is 5.96 Å². The van der Waals surface area contributed by atoms with Crippen LogP contribution in [0.4, 0.5) is 0 Å². The van der Waals surface area contributed by atoms with Crippen LogP contribution >= 0.6 is 35.3 Å². The number of thiophene rings is 1. The molecule has 1 aromatic heterocycles. The van der Waals surface area contributed by atoms with Gasteiger partial charge in [-0.2, -0.15) is 0 Å². The highest BCUT2D eigenvalue weighted by atomic mass is 127. The predicted molar refractivity (Wildman–Crippen MR) is 122 cm³/mol. The zero-order valence-electron chi connectivity index (χ0n) is 15.9. The quantitative estimate of drug-likeness (QED) is 0.338. The molecule has 1 heterocycles. The Hall–Kier alpha value is -1.32. The second kappa shape index (κ2) is 12.1. The summed E-state index contributed by atoms with van der Waals surface area (Å²) < 4.78 is 5.40. The Balaban J connectivity index is 0.00000338. The molecule has 0 aliphatic carbocycles. The summed E-state index contributed by atoms with van der Waals surface area (Å²) in [6, 6.07) is 12.6. The molecule has 2 rings (SSSR count). The summed E-state index contributed by atoms with van der Waals surface area (Å²) >= 11 is 1.78. The monoisotopic (exact) mass is 488 g/mol. The molecule has 2 N–H and O–H groups in total. The van der Waals surface area contributed by atoms with Gasteiger partial charge in [0, 0.05) is 23.5 Å². The van der Waals surface area contributed by atoms with E-state index in [0.717, 1.165) is 30.4 Å². The standard InChI is InChI=1S/C19H28N4OS.HI/c1-5-20-19(21-13-15-9-6-7-10-17(15)24-4)22-14-16(23(2)3)18-11-8-12-25-18;/h6-12,16H,5,13-14H2,1-4H3,(H2,20,21,22);1H. The molecule has 0 spiro atoms. The van der Waals surface area contributed by atoms with Crippen molar-refractivity contribution in [1.29, 1.82) is 0 Å². The first-order valence-corrected chi connectivity index (χ1v) is 9.37. The SMILES string of the molecule is CCNC(=NCc1ccccc1OC)NCC(c1cccs1)N(C)C.I. The van der Waals surface area contributed by atoms with Crippen molar-refractivity contribution in [2.75, 3.05) is 34.3 Å². The Morgan fingerprint density at radius 2 is 1.96 bits per heavy atom. The lowest BCUT2D eigenvalue weighted by molar-refractivity contribution is 0.302. The number of methoxy groups -OCH3 is 1. The zero-order chi connectivity index (χ0) is 18.1. The number of ether oxygens (including phenoxy) is 1. The van der Waals surface area contributed by atoms with Gasteiger partial charge in [0.25, 0.3) is 0 Å². The van der Waals surface area contributed by atoms with Gasteiger partial charge in [0.1, 0.15) is 5.75 Å². The van der Waals surface area contributed by atoms with Crippen molar-refractivity contribution < 1.29 is 4.74 Å². The maximum atomic E-state index is 5.40. The van der Waals surface area contributed by atoms with Crippen LogP contribution < -0.4 is 15.4 Å². The second-order valence-electron chi connectivity index (χ2n) is 5.88. The first-order valence-electron chi connectivity index (χ1n) is 8.49. The number of nitrogens with one attached hydrogen (secondary N) is 2. The number of halogens is 1. The second-order valence-corrected chi connectivity index (χ2v) is 6.86. The van der Waals surface area contributed by atoms with E-state index in [-0.39, 0.29) is 24.0 Å². The number of rotatable bonds is 8. The molecular formula is C19H29IN4OS. The average molecular weight is 488 g/mol. The minimum atomic E-state index is 0. The molecule has 26 heavy (non-hydrogen) atoms. The lowest BCUT2D eigenvalue weighted by atomic mass is 10.2. The molecule has 0 fully saturated rings. The predicted octanol–water partition coefficient (Wildman–Crippen LogP) is 3.73. The van der Waals surface area contributed by atoms with Crippen molar-refractivity contribution >= 4 is 41.3 Å². The zero-order valence-corrected chi connectivity index (χ0v) is 19.0. The molecule has 2 aromatic rings. The molecule has 0 saturated heterocycles. The van der Waals surface area contributed by atoms with Crippen LogP contribution in [0.25, 0.3) is 0 Å². The minimum Gasteiger partial charge on any atom is -0.496 e. The molecule has 0 bridgehead atoms. The van der Waals surface area contributed by atoms with Crippen LogP contribution in [-0.4, -0.2) is 45.2 Å². The molecule has 0 aliphatic rings. The lowest BCUT2D eigenvalue weighted by Gasteiger charge is -2.24. The number of aliphatic imine (C=N–C) groups is 1. The normalized spacial score (nSPS) is 12.4. The molecule has 0 amide bonds. The van der Waals surface area contributed by atoms with Gasteiger partial charge in [0.2, 0.25) is 0 Å². The third-order valence-corrected chi connectivity index (χ3v) is 4.88. The highest BCUT2D eigenvalue weighted by molar-refractivity contribution is 14.0. The van der Waals surface area contributed by atoms with Gasteiger partial charge in [-0.25, -0.2) is 4.99 Å². The van der Waals surface area contributed by atoms with Gasteiger partial charge in [-0.3, -0.25) is 0 Å². The summed E-state index contributed by atoms with van der Waals surface area (Å²) in [6.45, 7) is 4.27. The Labute approximate surface area is 177 Å². The number of hydrogen-bond donors (Lipinski definition) is 2. The number of nitrogens with zero attached hydrogens (tertiary/aromatic N) is 2. The van der Waals surface area contributed by atoms with Crippen LogP contribution in [0, 0.1) is 0 Å². The van der Waals surface area contributed by atoms with E-state index in [1.807, 2.05) is 24.3 Å². The maximum absolute atomic E-state index is 5.40. The molecule has 0 radical (unpaired) electrons. The highest BCUT2D eigenvalue weighted by Crippen LogP contribution is 2.22. The molecule has 0 saturated carbocycles. The van der Waals surface area contributed by atoms with Gasteiger partial charge in [-0.1, -0.05) is 24.3 Å². The van der Waals surface area contributed by atoms with Crippen molar-refractivity contribution in [3.63, 3.8) is 0 Å². The third-order valence-electron chi connectivity index (χ3n) is 3.90. The van der Waals surface area contributed by atoms with E-state index in [1.165, 1.54) is 4.88 Å². The Kier molecular flexibility index (Phi) is 10.6.